The maximum atomic E-state index is 12.2. The fourth-order valence-corrected chi connectivity index (χ4v) is 3.06. The van der Waals surface area contributed by atoms with Gasteiger partial charge in [-0.2, -0.15) is 0 Å². The Morgan fingerprint density at radius 1 is 1.04 bits per heavy atom. The van der Waals surface area contributed by atoms with Gasteiger partial charge in [-0.3, -0.25) is 14.5 Å². The zero-order valence-corrected chi connectivity index (χ0v) is 14.6. The summed E-state index contributed by atoms with van der Waals surface area (Å²) < 4.78 is 5.16. The maximum Gasteiger partial charge on any atom is 0.289 e. The quantitative estimate of drug-likeness (QED) is 0.839. The van der Waals surface area contributed by atoms with E-state index in [1.807, 2.05) is 9.80 Å². The van der Waals surface area contributed by atoms with Gasteiger partial charge in [-0.15, -0.1) is 12.4 Å². The monoisotopic (exact) mass is 356 g/mol. The summed E-state index contributed by atoms with van der Waals surface area (Å²) in [4.78, 5) is 30.4. The summed E-state index contributed by atoms with van der Waals surface area (Å²) in [6, 6.07) is 3.42. The van der Waals surface area contributed by atoms with E-state index < -0.39 is 0 Å². The number of hydrogen-bond acceptors (Lipinski definition) is 5. The smallest absolute Gasteiger partial charge is 0.289 e. The van der Waals surface area contributed by atoms with Crippen LogP contribution in [0.3, 0.4) is 0 Å². The summed E-state index contributed by atoms with van der Waals surface area (Å²) >= 11 is 0. The summed E-state index contributed by atoms with van der Waals surface area (Å²) in [5.74, 6) is 0.583. The molecule has 8 heteroatoms. The summed E-state index contributed by atoms with van der Waals surface area (Å²) in [6.07, 6.45) is 2.08. The Morgan fingerprint density at radius 3 is 2.38 bits per heavy atom. The first-order valence-corrected chi connectivity index (χ1v) is 8.27. The van der Waals surface area contributed by atoms with Crippen molar-refractivity contribution in [1.29, 1.82) is 0 Å². The second-order valence-electron chi connectivity index (χ2n) is 5.99. The molecule has 0 radical (unpaired) electrons. The molecule has 1 N–H and O–H groups in total. The lowest BCUT2D eigenvalue weighted by atomic mass is 10.2. The van der Waals surface area contributed by atoms with E-state index in [0.29, 0.717) is 25.3 Å². The number of hydrogen-bond donors (Lipinski definition) is 1. The topological polar surface area (TPSA) is 69.0 Å². The van der Waals surface area contributed by atoms with Crippen molar-refractivity contribution in [2.45, 2.75) is 6.42 Å². The van der Waals surface area contributed by atoms with Gasteiger partial charge in [-0.05, 0) is 12.1 Å². The van der Waals surface area contributed by atoms with Crippen molar-refractivity contribution in [1.82, 2.24) is 20.0 Å². The van der Waals surface area contributed by atoms with Gasteiger partial charge in [0.1, 0.15) is 0 Å². The van der Waals surface area contributed by atoms with E-state index in [1.54, 1.807) is 12.1 Å². The van der Waals surface area contributed by atoms with E-state index in [1.165, 1.54) is 6.26 Å². The van der Waals surface area contributed by atoms with Gasteiger partial charge in [0.05, 0.1) is 6.26 Å². The van der Waals surface area contributed by atoms with Gasteiger partial charge in [0.25, 0.3) is 5.91 Å². The second-order valence-corrected chi connectivity index (χ2v) is 5.99. The van der Waals surface area contributed by atoms with Crippen molar-refractivity contribution in [2.24, 2.45) is 0 Å². The number of carbonyl (C=O) groups excluding carboxylic acids is 2. The van der Waals surface area contributed by atoms with Crippen LogP contribution in [0.25, 0.3) is 0 Å². The van der Waals surface area contributed by atoms with Crippen LogP contribution in [0.15, 0.2) is 22.8 Å². The number of furan rings is 1. The molecular weight excluding hydrogens is 332 g/mol. The fourth-order valence-electron chi connectivity index (χ4n) is 3.06. The van der Waals surface area contributed by atoms with Gasteiger partial charge in [-0.25, -0.2) is 0 Å². The number of piperazine rings is 2. The van der Waals surface area contributed by atoms with Crippen molar-refractivity contribution in [3.63, 3.8) is 0 Å². The van der Waals surface area contributed by atoms with Gasteiger partial charge in [-0.1, -0.05) is 0 Å². The third kappa shape index (κ3) is 4.72. The van der Waals surface area contributed by atoms with E-state index in [9.17, 15) is 9.59 Å². The molecule has 0 saturated carbocycles. The number of amides is 2. The molecule has 0 unspecified atom stereocenters. The van der Waals surface area contributed by atoms with E-state index in [2.05, 4.69) is 10.2 Å². The van der Waals surface area contributed by atoms with Crippen molar-refractivity contribution in [2.75, 3.05) is 58.9 Å². The lowest BCUT2D eigenvalue weighted by Gasteiger charge is -2.35. The molecule has 0 spiro atoms. The highest BCUT2D eigenvalue weighted by atomic mass is 35.5. The molecule has 1 aromatic heterocycles. The summed E-state index contributed by atoms with van der Waals surface area (Å²) in [5, 5.41) is 3.25. The van der Waals surface area contributed by atoms with Crippen LogP contribution in [-0.4, -0.2) is 85.4 Å². The van der Waals surface area contributed by atoms with E-state index >= 15 is 0 Å². The molecule has 2 saturated heterocycles. The molecule has 0 aromatic carbocycles. The molecule has 3 rings (SSSR count). The second kappa shape index (κ2) is 9.05. The molecular formula is C16H25ClN4O3. The number of rotatable bonds is 4. The number of nitrogens with one attached hydrogen (secondary N) is 1. The molecule has 0 bridgehead atoms. The number of carbonyl (C=O) groups is 2. The minimum absolute atomic E-state index is 0. The van der Waals surface area contributed by atoms with Crippen molar-refractivity contribution in [3.05, 3.63) is 24.2 Å². The average Bonchev–Trinajstić information content (AvgIpc) is 3.15. The van der Waals surface area contributed by atoms with E-state index in [0.717, 1.165) is 45.8 Å². The third-order valence-corrected chi connectivity index (χ3v) is 4.50. The van der Waals surface area contributed by atoms with Crippen LogP contribution >= 0.6 is 12.4 Å². The summed E-state index contributed by atoms with van der Waals surface area (Å²) in [5.41, 5.74) is 0. The van der Waals surface area contributed by atoms with Gasteiger partial charge in [0.2, 0.25) is 5.91 Å². The molecule has 24 heavy (non-hydrogen) atoms. The zero-order chi connectivity index (χ0) is 16.1. The first-order chi connectivity index (χ1) is 11.2. The Kier molecular flexibility index (Phi) is 7.08. The molecule has 1 aromatic rings. The zero-order valence-electron chi connectivity index (χ0n) is 13.8. The molecule has 2 fully saturated rings. The number of nitrogens with zero attached hydrogens (tertiary/aromatic N) is 3. The van der Waals surface area contributed by atoms with Crippen molar-refractivity contribution >= 4 is 24.2 Å². The largest absolute Gasteiger partial charge is 0.459 e. The van der Waals surface area contributed by atoms with Gasteiger partial charge in [0.15, 0.2) is 5.76 Å². The molecule has 0 aliphatic carbocycles. The minimum atomic E-state index is -0.0495. The van der Waals surface area contributed by atoms with Crippen LogP contribution in [0.2, 0.25) is 0 Å². The van der Waals surface area contributed by atoms with Crippen molar-refractivity contribution in [3.8, 4) is 0 Å². The highest BCUT2D eigenvalue weighted by Gasteiger charge is 2.24. The Labute approximate surface area is 148 Å². The molecule has 2 aliphatic rings. The first-order valence-electron chi connectivity index (χ1n) is 8.27. The van der Waals surface area contributed by atoms with Crippen LogP contribution in [-0.2, 0) is 4.79 Å². The SMILES string of the molecule is Cl.O=C(CCN1CCN(C(=O)c2ccco2)CC1)N1CCNCC1. The third-order valence-electron chi connectivity index (χ3n) is 4.50. The highest BCUT2D eigenvalue weighted by Crippen LogP contribution is 2.10. The van der Waals surface area contributed by atoms with E-state index in [4.69, 9.17) is 4.42 Å². The Bertz CT molecular complexity index is 523. The normalized spacial score (nSPS) is 19.0. The van der Waals surface area contributed by atoms with Crippen LogP contribution < -0.4 is 5.32 Å². The average molecular weight is 357 g/mol. The Balaban J connectivity index is 0.00000208. The number of halogens is 1. The predicted molar refractivity (Wildman–Crippen MR) is 92.4 cm³/mol. The van der Waals surface area contributed by atoms with Crippen LogP contribution in [0, 0.1) is 0 Å². The van der Waals surface area contributed by atoms with Crippen molar-refractivity contribution < 1.29 is 14.0 Å². The molecule has 2 amide bonds. The van der Waals surface area contributed by atoms with Gasteiger partial charge < -0.3 is 19.5 Å². The molecule has 7 nitrogen and oxygen atoms in total. The first kappa shape index (κ1) is 18.8. The lowest BCUT2D eigenvalue weighted by Crippen LogP contribution is -2.50. The Hall–Kier alpha value is -1.57. The fraction of sp³-hybridized carbons (Fsp3) is 0.625. The van der Waals surface area contributed by atoms with E-state index in [-0.39, 0.29) is 24.2 Å². The predicted octanol–water partition coefficient (Wildman–Crippen LogP) is 0.281. The lowest BCUT2D eigenvalue weighted by molar-refractivity contribution is -0.132. The van der Waals surface area contributed by atoms with Crippen LogP contribution in [0.5, 0.6) is 0 Å². The standard InChI is InChI=1S/C16H24N4O3.ClH/c21-15(19-7-4-17-5-8-19)3-6-18-9-11-20(12-10-18)16(22)14-2-1-13-23-14;/h1-2,13,17H,3-12H2;1H. The molecule has 0 atom stereocenters. The molecule has 2 aliphatic heterocycles. The summed E-state index contributed by atoms with van der Waals surface area (Å²) in [7, 11) is 0. The minimum Gasteiger partial charge on any atom is -0.459 e. The Morgan fingerprint density at radius 2 is 1.75 bits per heavy atom. The molecule has 134 valence electrons. The molecule has 3 heterocycles. The van der Waals surface area contributed by atoms with Gasteiger partial charge >= 0.3 is 0 Å². The maximum absolute atomic E-state index is 12.2. The van der Waals surface area contributed by atoms with Gasteiger partial charge in [0, 0.05) is 65.3 Å². The van der Waals surface area contributed by atoms with Crippen LogP contribution in [0.4, 0.5) is 0 Å². The van der Waals surface area contributed by atoms with Crippen LogP contribution in [0.1, 0.15) is 17.0 Å². The summed E-state index contributed by atoms with van der Waals surface area (Å²) in [6.45, 7) is 7.14. The highest BCUT2D eigenvalue weighted by molar-refractivity contribution is 5.91.